The first-order chi connectivity index (χ1) is 10.8. The van der Waals surface area contributed by atoms with E-state index in [4.69, 9.17) is 10.2 Å². The topological polar surface area (TPSA) is 109 Å². The molecule has 23 heavy (non-hydrogen) atoms. The predicted octanol–water partition coefficient (Wildman–Crippen LogP) is 2.22. The summed E-state index contributed by atoms with van der Waals surface area (Å²) in [4.78, 5) is 42.2. The second kappa shape index (κ2) is 8.23. The van der Waals surface area contributed by atoms with Crippen LogP contribution in [0.25, 0.3) is 0 Å². The van der Waals surface area contributed by atoms with E-state index in [2.05, 4.69) is 0 Å². The summed E-state index contributed by atoms with van der Waals surface area (Å²) >= 11 is 0. The van der Waals surface area contributed by atoms with E-state index in [1.165, 1.54) is 18.2 Å². The lowest BCUT2D eigenvalue weighted by atomic mass is 10.1. The zero-order chi connectivity index (χ0) is 17.4. The molecule has 118 valence electrons. The molecule has 6 nitrogen and oxygen atoms in total. The smallest absolute Gasteiger partial charge is 0.377 e. The summed E-state index contributed by atoms with van der Waals surface area (Å²) in [6.07, 6.45) is 0. The molecular weight excluding hydrogens is 300 g/mol. The van der Waals surface area contributed by atoms with Crippen LogP contribution < -0.4 is 0 Å². The second-order valence-corrected chi connectivity index (χ2v) is 4.45. The number of aliphatic carboxylic acids is 2. The highest BCUT2D eigenvalue weighted by Crippen LogP contribution is 2.07. The standard InChI is InChI=1S/C9H8O3.C8H6O3/c1-6-4-2-3-5-7(6)8(10)9(11)12;9-7(8(10)11)6-4-2-1-3-5-6/h2-5H,1H3,(H,11,12);1-5H,(H,10,11). The number of carboxylic acids is 2. The van der Waals surface area contributed by atoms with Crippen LogP contribution in [0.4, 0.5) is 0 Å². The highest BCUT2D eigenvalue weighted by molar-refractivity contribution is 6.40. The van der Waals surface area contributed by atoms with Crippen LogP contribution in [-0.4, -0.2) is 33.7 Å². The number of aryl methyl sites for hydroxylation is 1. The van der Waals surface area contributed by atoms with Gasteiger partial charge in [0.1, 0.15) is 0 Å². The van der Waals surface area contributed by atoms with Gasteiger partial charge in [-0.3, -0.25) is 9.59 Å². The quantitative estimate of drug-likeness (QED) is 0.661. The first-order valence-corrected chi connectivity index (χ1v) is 6.50. The molecule has 6 heteroatoms. The van der Waals surface area contributed by atoms with E-state index in [9.17, 15) is 19.2 Å². The molecule has 0 saturated carbocycles. The van der Waals surface area contributed by atoms with Gasteiger partial charge in [0.25, 0.3) is 11.6 Å². The van der Waals surface area contributed by atoms with Gasteiger partial charge >= 0.3 is 11.9 Å². The largest absolute Gasteiger partial charge is 0.475 e. The number of rotatable bonds is 4. The lowest BCUT2D eigenvalue weighted by Crippen LogP contribution is -2.13. The molecule has 0 radical (unpaired) electrons. The van der Waals surface area contributed by atoms with Gasteiger partial charge in [-0.2, -0.15) is 0 Å². The summed E-state index contributed by atoms with van der Waals surface area (Å²) in [5.41, 5.74) is 1.15. The number of carbonyl (C=O) groups is 4. The molecule has 2 N–H and O–H groups in total. The van der Waals surface area contributed by atoms with Crippen molar-refractivity contribution in [3.05, 3.63) is 71.3 Å². The Hall–Kier alpha value is -3.28. The van der Waals surface area contributed by atoms with E-state index in [0.29, 0.717) is 5.56 Å². The zero-order valence-electron chi connectivity index (χ0n) is 12.2. The molecule has 0 aliphatic rings. The van der Waals surface area contributed by atoms with Gasteiger partial charge in [-0.1, -0.05) is 54.6 Å². The van der Waals surface area contributed by atoms with Crippen molar-refractivity contribution >= 4 is 23.5 Å². The minimum absolute atomic E-state index is 0.208. The van der Waals surface area contributed by atoms with Gasteiger partial charge in [-0.25, -0.2) is 9.59 Å². The van der Waals surface area contributed by atoms with Crippen LogP contribution in [0.3, 0.4) is 0 Å². The third-order valence-corrected chi connectivity index (χ3v) is 2.81. The Kier molecular flexibility index (Phi) is 6.36. The van der Waals surface area contributed by atoms with Crippen molar-refractivity contribution in [1.29, 1.82) is 0 Å². The maximum atomic E-state index is 11.0. The van der Waals surface area contributed by atoms with Gasteiger partial charge in [-0.05, 0) is 12.5 Å². The maximum absolute atomic E-state index is 11.0. The van der Waals surface area contributed by atoms with Gasteiger partial charge in [0.05, 0.1) is 0 Å². The fraction of sp³-hybridized carbons (Fsp3) is 0.0588. The van der Waals surface area contributed by atoms with Crippen LogP contribution in [0.5, 0.6) is 0 Å². The summed E-state index contributed by atoms with van der Waals surface area (Å²) in [6, 6.07) is 14.5. The zero-order valence-corrected chi connectivity index (χ0v) is 12.2. The van der Waals surface area contributed by atoms with E-state index < -0.39 is 23.5 Å². The summed E-state index contributed by atoms with van der Waals surface area (Å²) in [5, 5.41) is 16.7. The minimum atomic E-state index is -1.42. The molecule has 2 rings (SSSR count). The van der Waals surface area contributed by atoms with Crippen LogP contribution in [-0.2, 0) is 9.59 Å². The molecule has 0 amide bonds. The third kappa shape index (κ3) is 5.20. The minimum Gasteiger partial charge on any atom is -0.475 e. The summed E-state index contributed by atoms with van der Waals surface area (Å²) in [6.45, 7) is 1.70. The van der Waals surface area contributed by atoms with E-state index in [0.717, 1.165) is 0 Å². The molecule has 0 unspecified atom stereocenters. The van der Waals surface area contributed by atoms with Gasteiger partial charge < -0.3 is 10.2 Å². The summed E-state index contributed by atoms with van der Waals surface area (Å²) < 4.78 is 0. The normalized spacial score (nSPS) is 9.26. The molecule has 0 saturated heterocycles. The Morgan fingerprint density at radius 2 is 1.17 bits per heavy atom. The van der Waals surface area contributed by atoms with Gasteiger partial charge in [0.15, 0.2) is 0 Å². The Balaban J connectivity index is 0.000000231. The van der Waals surface area contributed by atoms with E-state index in [1.807, 2.05) is 0 Å². The highest BCUT2D eigenvalue weighted by Gasteiger charge is 2.15. The van der Waals surface area contributed by atoms with Crippen LogP contribution in [0.2, 0.25) is 0 Å². The van der Waals surface area contributed by atoms with Crippen molar-refractivity contribution in [2.45, 2.75) is 6.92 Å². The molecule has 0 atom stereocenters. The number of ketones is 2. The number of hydrogen-bond acceptors (Lipinski definition) is 4. The molecule has 0 aromatic heterocycles. The van der Waals surface area contributed by atoms with Crippen LogP contribution >= 0.6 is 0 Å². The number of carboxylic acid groups (broad SMARTS) is 2. The lowest BCUT2D eigenvalue weighted by Gasteiger charge is -1.98. The molecule has 2 aromatic rings. The number of benzene rings is 2. The average molecular weight is 314 g/mol. The Labute approximate surface area is 132 Å². The second-order valence-electron chi connectivity index (χ2n) is 4.45. The van der Waals surface area contributed by atoms with Gasteiger partial charge in [-0.15, -0.1) is 0 Å². The third-order valence-electron chi connectivity index (χ3n) is 2.81. The summed E-state index contributed by atoms with van der Waals surface area (Å²) in [5.74, 6) is -4.56. The first-order valence-electron chi connectivity index (χ1n) is 6.50. The first kappa shape index (κ1) is 17.8. The molecular formula is C17H14O6. The van der Waals surface area contributed by atoms with E-state index in [-0.39, 0.29) is 11.1 Å². The molecule has 0 spiro atoms. The van der Waals surface area contributed by atoms with E-state index >= 15 is 0 Å². The van der Waals surface area contributed by atoms with Crippen molar-refractivity contribution in [2.75, 3.05) is 0 Å². The SMILES string of the molecule is Cc1ccccc1C(=O)C(=O)O.O=C(O)C(=O)c1ccccc1. The Bertz CT molecular complexity index is 734. The van der Waals surface area contributed by atoms with E-state index in [1.54, 1.807) is 43.3 Å². The van der Waals surface area contributed by atoms with Crippen molar-refractivity contribution in [3.63, 3.8) is 0 Å². The van der Waals surface area contributed by atoms with Gasteiger partial charge in [0, 0.05) is 11.1 Å². The molecule has 0 heterocycles. The number of hydrogen-bond donors (Lipinski definition) is 2. The van der Waals surface area contributed by atoms with Crippen LogP contribution in [0.15, 0.2) is 54.6 Å². The highest BCUT2D eigenvalue weighted by atomic mass is 16.4. The van der Waals surface area contributed by atoms with Crippen molar-refractivity contribution in [2.24, 2.45) is 0 Å². The molecule has 0 aliphatic heterocycles. The van der Waals surface area contributed by atoms with Crippen LogP contribution in [0, 0.1) is 6.92 Å². The number of carbonyl (C=O) groups excluding carboxylic acids is 2. The molecule has 0 fully saturated rings. The van der Waals surface area contributed by atoms with Gasteiger partial charge in [0.2, 0.25) is 0 Å². The molecule has 0 bridgehead atoms. The maximum Gasteiger partial charge on any atom is 0.377 e. The van der Waals surface area contributed by atoms with Crippen molar-refractivity contribution in [3.8, 4) is 0 Å². The number of Topliss-reactive ketones (excluding diaryl/α,β-unsaturated/α-hetero) is 2. The summed E-state index contributed by atoms with van der Waals surface area (Å²) in [7, 11) is 0. The Morgan fingerprint density at radius 3 is 1.65 bits per heavy atom. The predicted molar refractivity (Wildman–Crippen MR) is 81.6 cm³/mol. The average Bonchev–Trinajstić information content (AvgIpc) is 2.55. The fourth-order valence-electron chi connectivity index (χ4n) is 1.66. The lowest BCUT2D eigenvalue weighted by molar-refractivity contribution is -0.132. The fourth-order valence-corrected chi connectivity index (χ4v) is 1.66. The molecule has 2 aromatic carbocycles. The van der Waals surface area contributed by atoms with Crippen LogP contribution in [0.1, 0.15) is 26.3 Å². The molecule has 0 aliphatic carbocycles. The van der Waals surface area contributed by atoms with Crippen molar-refractivity contribution in [1.82, 2.24) is 0 Å². The Morgan fingerprint density at radius 1 is 0.696 bits per heavy atom. The monoisotopic (exact) mass is 314 g/mol. The van der Waals surface area contributed by atoms with Crippen molar-refractivity contribution < 1.29 is 29.4 Å².